The number of ether oxygens (including phenoxy) is 1. The van der Waals surface area contributed by atoms with E-state index in [-0.39, 0.29) is 17.3 Å². The first kappa shape index (κ1) is 11.6. The molecule has 0 saturated heterocycles. The molecule has 0 atom stereocenters. The molecule has 0 aliphatic rings. The van der Waals surface area contributed by atoms with Crippen molar-refractivity contribution in [2.24, 2.45) is 0 Å². The highest BCUT2D eigenvalue weighted by Crippen LogP contribution is 2.25. The largest absolute Gasteiger partial charge is 0.462 e. The number of hydrogen-bond donors (Lipinski definition) is 1. The summed E-state index contributed by atoms with van der Waals surface area (Å²) in [6.45, 7) is 2.01. The van der Waals surface area contributed by atoms with Crippen LogP contribution in [0.25, 0.3) is 11.4 Å². The molecule has 0 aliphatic carbocycles. The Hall–Kier alpha value is -1.88. The number of esters is 1. The number of halogens is 1. The van der Waals surface area contributed by atoms with E-state index >= 15 is 0 Å². The van der Waals surface area contributed by atoms with Crippen LogP contribution < -0.4 is 0 Å². The molecule has 0 aliphatic heterocycles. The molecule has 2 heterocycles. The van der Waals surface area contributed by atoms with E-state index in [1.807, 2.05) is 0 Å². The van der Waals surface area contributed by atoms with Gasteiger partial charge in [-0.2, -0.15) is 5.10 Å². The predicted molar refractivity (Wildman–Crippen MR) is 62.8 cm³/mol. The van der Waals surface area contributed by atoms with Crippen LogP contribution in [0.15, 0.2) is 24.4 Å². The van der Waals surface area contributed by atoms with E-state index in [1.165, 1.54) is 0 Å². The first-order chi connectivity index (χ1) is 8.24. The Morgan fingerprint density at radius 1 is 1.53 bits per heavy atom. The summed E-state index contributed by atoms with van der Waals surface area (Å²) in [6.07, 6.45) is 1.62. The Balaban J connectivity index is 2.46. The number of nitrogens with one attached hydrogen (secondary N) is 1. The van der Waals surface area contributed by atoms with E-state index in [0.717, 1.165) is 0 Å². The second kappa shape index (κ2) is 4.97. The van der Waals surface area contributed by atoms with Crippen molar-refractivity contribution in [1.29, 1.82) is 0 Å². The van der Waals surface area contributed by atoms with Crippen molar-refractivity contribution in [3.63, 3.8) is 0 Å². The van der Waals surface area contributed by atoms with Crippen LogP contribution in [0.3, 0.4) is 0 Å². The Morgan fingerprint density at radius 3 is 3.00 bits per heavy atom. The van der Waals surface area contributed by atoms with Crippen LogP contribution in [0.1, 0.15) is 17.3 Å². The van der Waals surface area contributed by atoms with Crippen molar-refractivity contribution in [2.75, 3.05) is 6.61 Å². The molecule has 1 N–H and O–H groups in total. The van der Waals surface area contributed by atoms with Gasteiger partial charge in [-0.1, -0.05) is 17.7 Å². The molecule has 0 aromatic carbocycles. The number of aromatic nitrogens is 3. The Bertz CT molecular complexity index is 525. The monoisotopic (exact) mass is 251 g/mol. The van der Waals surface area contributed by atoms with Gasteiger partial charge in [0.25, 0.3) is 0 Å². The summed E-state index contributed by atoms with van der Waals surface area (Å²) in [5.74, 6) is -0.507. The van der Waals surface area contributed by atoms with Gasteiger partial charge in [0, 0.05) is 6.20 Å². The lowest BCUT2D eigenvalue weighted by atomic mass is 10.2. The lowest BCUT2D eigenvalue weighted by molar-refractivity contribution is 0.0527. The average Bonchev–Trinajstić information content (AvgIpc) is 2.73. The van der Waals surface area contributed by atoms with Gasteiger partial charge in [0.2, 0.25) is 0 Å². The average molecular weight is 252 g/mol. The third kappa shape index (κ3) is 2.29. The minimum absolute atomic E-state index is 0.157. The maximum Gasteiger partial charge on any atom is 0.343 e. The fourth-order valence-corrected chi connectivity index (χ4v) is 1.61. The van der Waals surface area contributed by atoms with Gasteiger partial charge in [0.15, 0.2) is 0 Å². The normalized spacial score (nSPS) is 10.2. The number of H-pyrrole nitrogens is 1. The van der Waals surface area contributed by atoms with Gasteiger partial charge in [0.1, 0.15) is 16.4 Å². The SMILES string of the molecule is CCOC(=O)c1c(-c2ccccn2)n[nH]c1Cl. The number of hydrogen-bond acceptors (Lipinski definition) is 4. The molecule has 88 valence electrons. The summed E-state index contributed by atoms with van der Waals surface area (Å²) in [5.41, 5.74) is 1.18. The fourth-order valence-electron chi connectivity index (χ4n) is 1.40. The van der Waals surface area contributed by atoms with Crippen LogP contribution in [-0.4, -0.2) is 27.8 Å². The van der Waals surface area contributed by atoms with E-state index in [4.69, 9.17) is 16.3 Å². The zero-order valence-electron chi connectivity index (χ0n) is 9.11. The smallest absolute Gasteiger partial charge is 0.343 e. The van der Waals surface area contributed by atoms with Gasteiger partial charge in [-0.3, -0.25) is 10.1 Å². The van der Waals surface area contributed by atoms with Gasteiger partial charge in [-0.05, 0) is 19.1 Å². The summed E-state index contributed by atoms with van der Waals surface area (Å²) in [6, 6.07) is 5.33. The van der Waals surface area contributed by atoms with Crippen molar-refractivity contribution in [1.82, 2.24) is 15.2 Å². The summed E-state index contributed by atoms with van der Waals surface area (Å²) in [7, 11) is 0. The van der Waals surface area contributed by atoms with Gasteiger partial charge >= 0.3 is 5.97 Å². The molecule has 6 heteroatoms. The summed E-state index contributed by atoms with van der Waals surface area (Å²) >= 11 is 5.88. The summed E-state index contributed by atoms with van der Waals surface area (Å²) < 4.78 is 4.92. The van der Waals surface area contributed by atoms with Crippen LogP contribution in [0.5, 0.6) is 0 Å². The number of nitrogens with zero attached hydrogens (tertiary/aromatic N) is 2. The zero-order chi connectivity index (χ0) is 12.3. The van der Waals surface area contributed by atoms with Gasteiger partial charge in [-0.25, -0.2) is 4.79 Å². The van der Waals surface area contributed by atoms with Crippen molar-refractivity contribution in [3.8, 4) is 11.4 Å². The molecule has 2 aromatic rings. The van der Waals surface area contributed by atoms with E-state index in [0.29, 0.717) is 11.4 Å². The molecule has 0 spiro atoms. The molecule has 0 radical (unpaired) electrons. The molecule has 0 unspecified atom stereocenters. The van der Waals surface area contributed by atoms with Crippen molar-refractivity contribution in [2.45, 2.75) is 6.92 Å². The molecular formula is C11H10ClN3O2. The molecule has 0 fully saturated rings. The van der Waals surface area contributed by atoms with E-state index < -0.39 is 5.97 Å². The summed E-state index contributed by atoms with van der Waals surface area (Å²) in [5, 5.41) is 6.68. The second-order valence-corrected chi connectivity index (χ2v) is 3.57. The van der Waals surface area contributed by atoms with Gasteiger partial charge in [0.05, 0.1) is 12.3 Å². The van der Waals surface area contributed by atoms with Crippen molar-refractivity contribution in [3.05, 3.63) is 35.1 Å². The molecule has 2 aromatic heterocycles. The minimum Gasteiger partial charge on any atom is -0.462 e. The number of carbonyl (C=O) groups excluding carboxylic acids is 1. The van der Waals surface area contributed by atoms with E-state index in [1.54, 1.807) is 31.3 Å². The highest BCUT2D eigenvalue weighted by molar-refractivity contribution is 6.33. The lowest BCUT2D eigenvalue weighted by Gasteiger charge is -2.02. The molecule has 0 saturated carbocycles. The maximum absolute atomic E-state index is 11.7. The van der Waals surface area contributed by atoms with Crippen molar-refractivity contribution < 1.29 is 9.53 Å². The Labute approximate surface area is 103 Å². The minimum atomic E-state index is -0.507. The number of rotatable bonds is 3. The van der Waals surface area contributed by atoms with E-state index in [9.17, 15) is 4.79 Å². The Kier molecular flexibility index (Phi) is 3.39. The maximum atomic E-state index is 11.7. The first-order valence-electron chi connectivity index (χ1n) is 5.06. The molecule has 5 nitrogen and oxygen atoms in total. The van der Waals surface area contributed by atoms with Crippen LogP contribution >= 0.6 is 11.6 Å². The predicted octanol–water partition coefficient (Wildman–Crippen LogP) is 2.30. The van der Waals surface area contributed by atoms with Crippen LogP contribution in [-0.2, 0) is 4.74 Å². The standard InChI is InChI=1S/C11H10ClN3O2/c1-2-17-11(16)8-9(14-15-10(8)12)7-5-3-4-6-13-7/h3-6H,2H2,1H3,(H,14,15). The number of carbonyl (C=O) groups is 1. The first-order valence-corrected chi connectivity index (χ1v) is 5.44. The van der Waals surface area contributed by atoms with Gasteiger partial charge < -0.3 is 4.74 Å². The molecule has 0 amide bonds. The van der Waals surface area contributed by atoms with Crippen molar-refractivity contribution >= 4 is 17.6 Å². The molecule has 17 heavy (non-hydrogen) atoms. The topological polar surface area (TPSA) is 67.9 Å². The Morgan fingerprint density at radius 2 is 2.35 bits per heavy atom. The second-order valence-electron chi connectivity index (χ2n) is 3.20. The van der Waals surface area contributed by atoms with Crippen LogP contribution in [0.4, 0.5) is 0 Å². The molecule has 0 bridgehead atoms. The van der Waals surface area contributed by atoms with Gasteiger partial charge in [-0.15, -0.1) is 0 Å². The quantitative estimate of drug-likeness (QED) is 0.850. The third-order valence-corrected chi connectivity index (χ3v) is 2.38. The number of aromatic amines is 1. The zero-order valence-corrected chi connectivity index (χ0v) is 9.86. The highest BCUT2D eigenvalue weighted by Gasteiger charge is 2.22. The molecular weight excluding hydrogens is 242 g/mol. The fraction of sp³-hybridized carbons (Fsp3) is 0.182. The highest BCUT2D eigenvalue weighted by atomic mass is 35.5. The number of pyridine rings is 1. The summed E-state index contributed by atoms with van der Waals surface area (Å²) in [4.78, 5) is 15.8. The van der Waals surface area contributed by atoms with Crippen LogP contribution in [0.2, 0.25) is 5.15 Å². The van der Waals surface area contributed by atoms with Crippen LogP contribution in [0, 0.1) is 0 Å². The third-order valence-electron chi connectivity index (χ3n) is 2.11. The molecule has 2 rings (SSSR count). The van der Waals surface area contributed by atoms with E-state index in [2.05, 4.69) is 15.2 Å². The lowest BCUT2D eigenvalue weighted by Crippen LogP contribution is -2.06.